The Balaban J connectivity index is 1.92. The van der Waals surface area contributed by atoms with Gasteiger partial charge in [0.2, 0.25) is 11.0 Å². The van der Waals surface area contributed by atoms with Crippen molar-refractivity contribution >= 4 is 34.6 Å². The Hall–Kier alpha value is -0.950. The highest BCUT2D eigenvalue weighted by Crippen LogP contribution is 2.15. The summed E-state index contributed by atoms with van der Waals surface area (Å²) in [6.45, 7) is 0.658. The van der Waals surface area contributed by atoms with Crippen molar-refractivity contribution < 1.29 is 4.79 Å². The van der Waals surface area contributed by atoms with Gasteiger partial charge in [0.15, 0.2) is 3.95 Å². The maximum absolute atomic E-state index is 10.9. The molecule has 2 heterocycles. The van der Waals surface area contributed by atoms with Crippen LogP contribution in [0.1, 0.15) is 12.8 Å². The Morgan fingerprint density at radius 3 is 3.07 bits per heavy atom. The molecule has 0 aliphatic carbocycles. The van der Waals surface area contributed by atoms with Gasteiger partial charge in [-0.25, -0.2) is 0 Å². The van der Waals surface area contributed by atoms with E-state index in [1.807, 2.05) is 0 Å². The quantitative estimate of drug-likeness (QED) is 0.660. The minimum absolute atomic E-state index is 0.123. The maximum Gasteiger partial charge on any atom is 0.220 e. The van der Waals surface area contributed by atoms with Crippen LogP contribution in [0, 0.1) is 3.95 Å². The zero-order chi connectivity index (χ0) is 9.97. The molecule has 0 spiro atoms. The molecule has 5 nitrogen and oxygen atoms in total. The molecule has 1 aliphatic rings. The molecule has 1 amide bonds. The molecule has 2 rings (SSSR count). The van der Waals surface area contributed by atoms with Crippen LogP contribution in [0.5, 0.6) is 0 Å². The van der Waals surface area contributed by atoms with Crippen LogP contribution in [-0.2, 0) is 4.79 Å². The number of nitrogens with zero attached hydrogens (tertiary/aromatic N) is 1. The number of hydrogen-bond acceptors (Lipinski definition) is 5. The van der Waals surface area contributed by atoms with E-state index in [0.717, 1.165) is 11.6 Å². The highest BCUT2D eigenvalue weighted by molar-refractivity contribution is 7.73. The van der Waals surface area contributed by atoms with E-state index in [9.17, 15) is 4.79 Å². The van der Waals surface area contributed by atoms with Gasteiger partial charge in [0.05, 0.1) is 0 Å². The van der Waals surface area contributed by atoms with Crippen molar-refractivity contribution in [3.8, 4) is 0 Å². The fourth-order valence-electron chi connectivity index (χ4n) is 1.32. The summed E-state index contributed by atoms with van der Waals surface area (Å²) in [6, 6.07) is 0.265. The van der Waals surface area contributed by atoms with Crippen molar-refractivity contribution in [1.29, 1.82) is 0 Å². The number of amides is 1. The van der Waals surface area contributed by atoms with Crippen molar-refractivity contribution in [3.63, 3.8) is 0 Å². The molecule has 0 saturated carbocycles. The number of hydrogen-bond donors (Lipinski definition) is 3. The topological polar surface area (TPSA) is 69.8 Å². The van der Waals surface area contributed by atoms with Crippen LogP contribution < -0.4 is 10.6 Å². The number of anilines is 1. The lowest BCUT2D eigenvalue weighted by Crippen LogP contribution is -2.41. The summed E-state index contributed by atoms with van der Waals surface area (Å²) >= 11 is 6.32. The molecule has 1 fully saturated rings. The first-order chi connectivity index (χ1) is 6.74. The van der Waals surface area contributed by atoms with E-state index in [-0.39, 0.29) is 11.9 Å². The number of nitrogens with one attached hydrogen (secondary N) is 3. The van der Waals surface area contributed by atoms with Gasteiger partial charge < -0.3 is 10.6 Å². The Bertz CT molecular complexity index is 375. The Morgan fingerprint density at radius 1 is 1.64 bits per heavy atom. The highest BCUT2D eigenvalue weighted by Gasteiger charge is 2.18. The summed E-state index contributed by atoms with van der Waals surface area (Å²) in [5, 5.41) is 13.5. The van der Waals surface area contributed by atoms with Crippen LogP contribution in [0.3, 0.4) is 0 Å². The normalized spacial score (nSPS) is 21.7. The van der Waals surface area contributed by atoms with E-state index in [4.69, 9.17) is 12.2 Å². The average molecular weight is 230 g/mol. The first kappa shape index (κ1) is 9.60. The Labute approximate surface area is 89.9 Å². The van der Waals surface area contributed by atoms with Crippen LogP contribution in [-0.4, -0.2) is 28.7 Å². The number of carbonyl (C=O) groups excluding carboxylic acids is 1. The summed E-state index contributed by atoms with van der Waals surface area (Å²) < 4.78 is 0.660. The van der Waals surface area contributed by atoms with E-state index in [1.54, 1.807) is 0 Å². The second-order valence-corrected chi connectivity index (χ2v) is 4.77. The molecule has 1 aromatic heterocycles. The second kappa shape index (κ2) is 4.05. The van der Waals surface area contributed by atoms with E-state index in [2.05, 4.69) is 20.8 Å². The number of aromatic nitrogens is 2. The summed E-state index contributed by atoms with van der Waals surface area (Å²) in [4.78, 5) is 10.9. The minimum atomic E-state index is 0.123. The first-order valence-corrected chi connectivity index (χ1v) is 5.55. The molecule has 1 aliphatic heterocycles. The van der Waals surface area contributed by atoms with Gasteiger partial charge in [-0.15, -0.1) is 5.10 Å². The van der Waals surface area contributed by atoms with Gasteiger partial charge in [-0.1, -0.05) is 11.3 Å². The number of H-pyrrole nitrogens is 1. The lowest BCUT2D eigenvalue weighted by molar-refractivity contribution is -0.122. The van der Waals surface area contributed by atoms with Gasteiger partial charge in [-0.3, -0.25) is 9.89 Å². The van der Waals surface area contributed by atoms with E-state index >= 15 is 0 Å². The molecule has 1 unspecified atom stereocenters. The van der Waals surface area contributed by atoms with Gasteiger partial charge in [-0.05, 0) is 18.6 Å². The molecular formula is C7H10N4OS2. The van der Waals surface area contributed by atoms with Gasteiger partial charge in [0.1, 0.15) is 0 Å². The van der Waals surface area contributed by atoms with Crippen LogP contribution in [0.4, 0.5) is 5.13 Å². The Kier molecular flexibility index (Phi) is 2.78. The molecule has 1 atom stereocenters. The number of aromatic amines is 1. The monoisotopic (exact) mass is 230 g/mol. The standard InChI is InChI=1S/C7H10N4OS2/c12-5-2-1-4(3-8-5)9-6-10-11-7(13)14-6/h4H,1-3H2,(H,8,12)(H,9,10)(H,11,13). The molecule has 76 valence electrons. The van der Waals surface area contributed by atoms with Gasteiger partial charge in [0, 0.05) is 19.0 Å². The van der Waals surface area contributed by atoms with Crippen LogP contribution >= 0.6 is 23.6 Å². The smallest absolute Gasteiger partial charge is 0.220 e. The molecule has 7 heteroatoms. The van der Waals surface area contributed by atoms with Gasteiger partial charge in [0.25, 0.3) is 0 Å². The van der Waals surface area contributed by atoms with E-state index in [0.29, 0.717) is 16.9 Å². The summed E-state index contributed by atoms with van der Waals surface area (Å²) in [5.74, 6) is 0.123. The second-order valence-electron chi connectivity index (χ2n) is 3.10. The Morgan fingerprint density at radius 2 is 2.50 bits per heavy atom. The average Bonchev–Trinajstić information content (AvgIpc) is 2.56. The molecule has 14 heavy (non-hydrogen) atoms. The van der Waals surface area contributed by atoms with Crippen molar-refractivity contribution in [2.24, 2.45) is 0 Å². The molecule has 3 N–H and O–H groups in total. The van der Waals surface area contributed by atoms with Crippen LogP contribution in [0.25, 0.3) is 0 Å². The number of piperidine rings is 1. The van der Waals surface area contributed by atoms with Crippen LogP contribution in [0.2, 0.25) is 0 Å². The fourth-order valence-corrected chi connectivity index (χ4v) is 2.19. The lowest BCUT2D eigenvalue weighted by Gasteiger charge is -2.22. The van der Waals surface area contributed by atoms with Gasteiger partial charge in [-0.2, -0.15) is 0 Å². The third kappa shape index (κ3) is 2.30. The largest absolute Gasteiger partial charge is 0.356 e. The first-order valence-electron chi connectivity index (χ1n) is 4.33. The van der Waals surface area contributed by atoms with Crippen molar-refractivity contribution in [2.45, 2.75) is 18.9 Å². The maximum atomic E-state index is 10.9. The lowest BCUT2D eigenvalue weighted by atomic mass is 10.1. The molecule has 0 radical (unpaired) electrons. The summed E-state index contributed by atoms with van der Waals surface area (Å²) in [5.41, 5.74) is 0. The highest BCUT2D eigenvalue weighted by atomic mass is 32.1. The van der Waals surface area contributed by atoms with Crippen molar-refractivity contribution in [2.75, 3.05) is 11.9 Å². The zero-order valence-electron chi connectivity index (χ0n) is 7.37. The number of carbonyl (C=O) groups is 1. The number of rotatable bonds is 2. The predicted molar refractivity (Wildman–Crippen MR) is 57.0 cm³/mol. The minimum Gasteiger partial charge on any atom is -0.356 e. The molecular weight excluding hydrogens is 220 g/mol. The van der Waals surface area contributed by atoms with Crippen molar-refractivity contribution in [1.82, 2.24) is 15.5 Å². The van der Waals surface area contributed by atoms with Crippen LogP contribution in [0.15, 0.2) is 0 Å². The molecule has 1 saturated heterocycles. The van der Waals surface area contributed by atoms with Gasteiger partial charge >= 0.3 is 0 Å². The molecule has 1 aromatic rings. The SMILES string of the molecule is O=C1CCC(Nc2n[nH]c(=S)s2)CN1. The van der Waals surface area contributed by atoms with E-state index < -0.39 is 0 Å². The summed E-state index contributed by atoms with van der Waals surface area (Å²) in [6.07, 6.45) is 1.42. The fraction of sp³-hybridized carbons (Fsp3) is 0.571. The third-order valence-electron chi connectivity index (χ3n) is 2.03. The third-order valence-corrected chi connectivity index (χ3v) is 3.05. The zero-order valence-corrected chi connectivity index (χ0v) is 9.00. The molecule has 0 bridgehead atoms. The van der Waals surface area contributed by atoms with E-state index in [1.165, 1.54) is 11.3 Å². The summed E-state index contributed by atoms with van der Waals surface area (Å²) in [7, 11) is 0. The predicted octanol–water partition coefficient (Wildman–Crippen LogP) is 0.891. The molecule has 0 aromatic carbocycles. The van der Waals surface area contributed by atoms with Crippen molar-refractivity contribution in [3.05, 3.63) is 3.95 Å².